The molecule has 1 amide bonds. The number of aryl methyl sites for hydroxylation is 1. The van der Waals surface area contributed by atoms with E-state index in [9.17, 15) is 4.79 Å². The van der Waals surface area contributed by atoms with E-state index in [0.29, 0.717) is 25.5 Å². The lowest BCUT2D eigenvalue weighted by atomic mass is 9.97. The molecule has 8 nitrogen and oxygen atoms in total. The molecule has 1 aromatic heterocycles. The van der Waals surface area contributed by atoms with Crippen molar-refractivity contribution in [3.8, 4) is 11.5 Å². The molecule has 8 heteroatoms. The summed E-state index contributed by atoms with van der Waals surface area (Å²) in [5.41, 5.74) is 0. The first kappa shape index (κ1) is 17.2. The highest BCUT2D eigenvalue weighted by Gasteiger charge is 2.23. The summed E-state index contributed by atoms with van der Waals surface area (Å²) in [4.78, 5) is 14.2. The fourth-order valence-corrected chi connectivity index (χ4v) is 2.89. The lowest BCUT2D eigenvalue weighted by Gasteiger charge is -2.32. The SMILES string of the molecule is COc1ccc(OCC2CCN(C(=O)CCn3cnnn3)CC2)cc1. The number of rotatable bonds is 7. The van der Waals surface area contributed by atoms with Gasteiger partial charge in [-0.25, -0.2) is 4.68 Å². The average Bonchev–Trinajstić information content (AvgIpc) is 3.19. The van der Waals surface area contributed by atoms with Crippen molar-refractivity contribution in [3.63, 3.8) is 0 Å². The van der Waals surface area contributed by atoms with Crippen LogP contribution in [-0.4, -0.2) is 57.8 Å². The molecule has 1 fully saturated rings. The summed E-state index contributed by atoms with van der Waals surface area (Å²) < 4.78 is 12.6. The molecule has 2 heterocycles. The van der Waals surface area contributed by atoms with Crippen LogP contribution in [0.2, 0.25) is 0 Å². The highest BCUT2D eigenvalue weighted by Crippen LogP contribution is 2.21. The Bertz CT molecular complexity index is 651. The summed E-state index contributed by atoms with van der Waals surface area (Å²) in [5, 5.41) is 10.9. The predicted octanol–water partition coefficient (Wildman–Crippen LogP) is 1.39. The third kappa shape index (κ3) is 4.91. The second-order valence-electron chi connectivity index (χ2n) is 6.13. The van der Waals surface area contributed by atoms with E-state index < -0.39 is 0 Å². The van der Waals surface area contributed by atoms with Gasteiger partial charge in [0.15, 0.2) is 0 Å². The molecule has 1 aromatic carbocycles. The normalized spacial score (nSPS) is 15.2. The van der Waals surface area contributed by atoms with Gasteiger partial charge in [-0.1, -0.05) is 0 Å². The Morgan fingerprint density at radius 3 is 2.56 bits per heavy atom. The number of tetrazole rings is 1. The fraction of sp³-hybridized carbons (Fsp3) is 0.529. The standard InChI is InChI=1S/C17H23N5O3/c1-24-15-2-4-16(5-3-15)25-12-14-6-9-21(10-7-14)17(23)8-11-22-13-18-19-20-22/h2-5,13-14H,6-12H2,1H3. The van der Waals surface area contributed by atoms with E-state index >= 15 is 0 Å². The maximum atomic E-state index is 12.2. The highest BCUT2D eigenvalue weighted by molar-refractivity contribution is 5.76. The van der Waals surface area contributed by atoms with Gasteiger partial charge in [0.1, 0.15) is 17.8 Å². The maximum Gasteiger partial charge on any atom is 0.224 e. The molecule has 1 saturated heterocycles. The van der Waals surface area contributed by atoms with Crippen LogP contribution >= 0.6 is 0 Å². The zero-order chi connectivity index (χ0) is 17.5. The lowest BCUT2D eigenvalue weighted by molar-refractivity contribution is -0.133. The Balaban J connectivity index is 1.37. The highest BCUT2D eigenvalue weighted by atomic mass is 16.5. The Hall–Kier alpha value is -2.64. The largest absolute Gasteiger partial charge is 0.497 e. The van der Waals surface area contributed by atoms with Gasteiger partial charge in [0, 0.05) is 19.5 Å². The molecule has 1 aliphatic heterocycles. The number of piperidine rings is 1. The Labute approximate surface area is 146 Å². The molecule has 3 rings (SSSR count). The number of hydrogen-bond donors (Lipinski definition) is 0. The van der Waals surface area contributed by atoms with Crippen molar-refractivity contribution in [1.82, 2.24) is 25.1 Å². The van der Waals surface area contributed by atoms with Crippen LogP contribution in [0.3, 0.4) is 0 Å². The van der Waals surface area contributed by atoms with Crippen molar-refractivity contribution >= 4 is 5.91 Å². The fourth-order valence-electron chi connectivity index (χ4n) is 2.89. The second-order valence-corrected chi connectivity index (χ2v) is 6.13. The second kappa shape index (κ2) is 8.46. The van der Waals surface area contributed by atoms with Crippen LogP contribution in [0, 0.1) is 5.92 Å². The van der Waals surface area contributed by atoms with E-state index in [1.165, 1.54) is 6.33 Å². The van der Waals surface area contributed by atoms with Crippen molar-refractivity contribution in [2.75, 3.05) is 26.8 Å². The van der Waals surface area contributed by atoms with Crippen molar-refractivity contribution in [3.05, 3.63) is 30.6 Å². The van der Waals surface area contributed by atoms with Gasteiger partial charge in [-0.15, -0.1) is 5.10 Å². The van der Waals surface area contributed by atoms with Gasteiger partial charge in [0.2, 0.25) is 5.91 Å². The van der Waals surface area contributed by atoms with Gasteiger partial charge >= 0.3 is 0 Å². The Kier molecular flexibility index (Phi) is 5.81. The van der Waals surface area contributed by atoms with Crippen LogP contribution in [0.15, 0.2) is 30.6 Å². The molecule has 0 saturated carbocycles. The molecule has 0 spiro atoms. The molecule has 2 aromatic rings. The van der Waals surface area contributed by atoms with Gasteiger partial charge in [0.05, 0.1) is 20.3 Å². The van der Waals surface area contributed by atoms with Crippen LogP contribution in [-0.2, 0) is 11.3 Å². The average molecular weight is 345 g/mol. The van der Waals surface area contributed by atoms with E-state index in [2.05, 4.69) is 15.5 Å². The number of carbonyl (C=O) groups is 1. The molecular formula is C17H23N5O3. The summed E-state index contributed by atoms with van der Waals surface area (Å²) in [6, 6.07) is 7.61. The monoisotopic (exact) mass is 345 g/mol. The Morgan fingerprint density at radius 1 is 1.20 bits per heavy atom. The van der Waals surface area contributed by atoms with E-state index in [1.807, 2.05) is 29.2 Å². The quantitative estimate of drug-likeness (QED) is 0.754. The summed E-state index contributed by atoms with van der Waals surface area (Å²) >= 11 is 0. The number of methoxy groups -OCH3 is 1. The van der Waals surface area contributed by atoms with Gasteiger partial charge in [-0.3, -0.25) is 4.79 Å². The van der Waals surface area contributed by atoms with Crippen LogP contribution in [0.5, 0.6) is 11.5 Å². The zero-order valence-corrected chi connectivity index (χ0v) is 14.4. The lowest BCUT2D eigenvalue weighted by Crippen LogP contribution is -2.40. The minimum absolute atomic E-state index is 0.157. The third-order valence-electron chi connectivity index (χ3n) is 4.46. The molecule has 0 radical (unpaired) electrons. The number of aromatic nitrogens is 4. The van der Waals surface area contributed by atoms with E-state index in [-0.39, 0.29) is 5.91 Å². The maximum absolute atomic E-state index is 12.2. The first-order valence-electron chi connectivity index (χ1n) is 8.50. The van der Waals surface area contributed by atoms with Crippen molar-refractivity contribution in [1.29, 1.82) is 0 Å². The zero-order valence-electron chi connectivity index (χ0n) is 14.4. The number of benzene rings is 1. The van der Waals surface area contributed by atoms with Crippen LogP contribution in [0.4, 0.5) is 0 Å². The molecule has 0 aliphatic carbocycles. The number of carbonyl (C=O) groups excluding carboxylic acids is 1. The first-order valence-corrected chi connectivity index (χ1v) is 8.50. The predicted molar refractivity (Wildman–Crippen MR) is 90.2 cm³/mol. The van der Waals surface area contributed by atoms with E-state index in [0.717, 1.165) is 37.4 Å². The summed E-state index contributed by atoms with van der Waals surface area (Å²) in [6.45, 7) is 2.77. The summed E-state index contributed by atoms with van der Waals surface area (Å²) in [5.74, 6) is 2.30. The van der Waals surface area contributed by atoms with Crippen LogP contribution < -0.4 is 9.47 Å². The summed E-state index contributed by atoms with van der Waals surface area (Å²) in [7, 11) is 1.65. The molecule has 0 N–H and O–H groups in total. The molecule has 1 aliphatic rings. The molecule has 134 valence electrons. The Morgan fingerprint density at radius 2 is 1.92 bits per heavy atom. The number of ether oxygens (including phenoxy) is 2. The van der Waals surface area contributed by atoms with Gasteiger partial charge < -0.3 is 14.4 Å². The van der Waals surface area contributed by atoms with Crippen molar-refractivity contribution in [2.45, 2.75) is 25.8 Å². The van der Waals surface area contributed by atoms with Crippen molar-refractivity contribution < 1.29 is 14.3 Å². The number of nitrogens with zero attached hydrogens (tertiary/aromatic N) is 5. The van der Waals surface area contributed by atoms with Crippen LogP contribution in [0.25, 0.3) is 0 Å². The number of likely N-dealkylation sites (tertiary alicyclic amines) is 1. The van der Waals surface area contributed by atoms with Crippen molar-refractivity contribution in [2.24, 2.45) is 5.92 Å². The molecule has 0 unspecified atom stereocenters. The minimum atomic E-state index is 0.157. The topological polar surface area (TPSA) is 82.4 Å². The molecule has 25 heavy (non-hydrogen) atoms. The van der Waals surface area contributed by atoms with E-state index in [1.54, 1.807) is 11.8 Å². The number of amides is 1. The third-order valence-corrected chi connectivity index (χ3v) is 4.46. The molecule has 0 bridgehead atoms. The first-order chi connectivity index (χ1) is 12.2. The number of hydrogen-bond acceptors (Lipinski definition) is 6. The molecular weight excluding hydrogens is 322 g/mol. The minimum Gasteiger partial charge on any atom is -0.497 e. The van der Waals surface area contributed by atoms with E-state index in [4.69, 9.17) is 9.47 Å². The summed E-state index contributed by atoms with van der Waals surface area (Å²) in [6.07, 6.45) is 3.88. The van der Waals surface area contributed by atoms with Crippen LogP contribution in [0.1, 0.15) is 19.3 Å². The van der Waals surface area contributed by atoms with Gasteiger partial charge in [0.25, 0.3) is 0 Å². The van der Waals surface area contributed by atoms with Gasteiger partial charge in [-0.05, 0) is 53.5 Å². The smallest absolute Gasteiger partial charge is 0.224 e. The van der Waals surface area contributed by atoms with Gasteiger partial charge in [-0.2, -0.15) is 0 Å². The molecule has 0 atom stereocenters.